The zero-order valence-electron chi connectivity index (χ0n) is 12.4. The number of aryl methyl sites for hydroxylation is 1. The maximum absolute atomic E-state index is 4.94. The van der Waals surface area contributed by atoms with E-state index in [1.165, 1.54) is 29.1 Å². The SMILES string of the molecule is c1ccc(SC2CCCn3cc(-c4ccccc4)nc32)cc1. The van der Waals surface area contributed by atoms with Gasteiger partial charge in [-0.2, -0.15) is 0 Å². The van der Waals surface area contributed by atoms with Crippen molar-refractivity contribution in [3.63, 3.8) is 0 Å². The summed E-state index contributed by atoms with van der Waals surface area (Å²) in [5.41, 5.74) is 2.30. The molecule has 3 aromatic rings. The van der Waals surface area contributed by atoms with Crippen LogP contribution in [-0.4, -0.2) is 9.55 Å². The van der Waals surface area contributed by atoms with Gasteiger partial charge in [0.25, 0.3) is 0 Å². The van der Waals surface area contributed by atoms with Crippen molar-refractivity contribution in [3.05, 3.63) is 72.7 Å². The summed E-state index contributed by atoms with van der Waals surface area (Å²) in [5, 5.41) is 0.452. The van der Waals surface area contributed by atoms with Crippen LogP contribution in [0.3, 0.4) is 0 Å². The molecule has 110 valence electrons. The molecule has 0 saturated carbocycles. The molecule has 22 heavy (non-hydrogen) atoms. The summed E-state index contributed by atoms with van der Waals surface area (Å²) in [4.78, 5) is 6.27. The van der Waals surface area contributed by atoms with Gasteiger partial charge in [0.15, 0.2) is 0 Å². The van der Waals surface area contributed by atoms with E-state index >= 15 is 0 Å². The van der Waals surface area contributed by atoms with Crippen LogP contribution in [0.15, 0.2) is 71.8 Å². The molecule has 1 aromatic heterocycles. The molecule has 0 bridgehead atoms. The zero-order chi connectivity index (χ0) is 14.8. The summed E-state index contributed by atoms with van der Waals surface area (Å²) in [6, 6.07) is 21.1. The van der Waals surface area contributed by atoms with Gasteiger partial charge >= 0.3 is 0 Å². The van der Waals surface area contributed by atoms with Gasteiger partial charge in [0, 0.05) is 23.2 Å². The van der Waals surface area contributed by atoms with Crippen LogP contribution in [0.1, 0.15) is 23.9 Å². The molecule has 0 radical (unpaired) electrons. The lowest BCUT2D eigenvalue weighted by molar-refractivity contribution is 0.515. The highest BCUT2D eigenvalue weighted by molar-refractivity contribution is 7.99. The smallest absolute Gasteiger partial charge is 0.122 e. The van der Waals surface area contributed by atoms with Gasteiger partial charge in [-0.05, 0) is 25.0 Å². The molecule has 1 unspecified atom stereocenters. The summed E-state index contributed by atoms with van der Waals surface area (Å²) < 4.78 is 2.34. The fourth-order valence-electron chi connectivity index (χ4n) is 2.97. The van der Waals surface area contributed by atoms with E-state index in [9.17, 15) is 0 Å². The highest BCUT2D eigenvalue weighted by Crippen LogP contribution is 2.41. The average Bonchev–Trinajstić information content (AvgIpc) is 3.02. The van der Waals surface area contributed by atoms with Gasteiger partial charge in [-0.3, -0.25) is 0 Å². The lowest BCUT2D eigenvalue weighted by atomic mass is 10.1. The minimum Gasteiger partial charge on any atom is -0.333 e. The second-order valence-electron chi connectivity index (χ2n) is 5.61. The number of rotatable bonds is 3. The Bertz CT molecular complexity index is 750. The van der Waals surface area contributed by atoms with Crippen LogP contribution in [0.4, 0.5) is 0 Å². The molecule has 4 rings (SSSR count). The topological polar surface area (TPSA) is 17.8 Å². The maximum atomic E-state index is 4.94. The molecule has 2 heterocycles. The number of aromatic nitrogens is 2. The summed E-state index contributed by atoms with van der Waals surface area (Å²) in [6.45, 7) is 1.08. The van der Waals surface area contributed by atoms with Crippen LogP contribution in [0, 0.1) is 0 Å². The Labute approximate surface area is 135 Å². The molecule has 0 spiro atoms. The van der Waals surface area contributed by atoms with Crippen LogP contribution in [0.5, 0.6) is 0 Å². The molecule has 2 aromatic carbocycles. The third-order valence-electron chi connectivity index (χ3n) is 4.05. The summed E-state index contributed by atoms with van der Waals surface area (Å²) in [6.07, 6.45) is 4.63. The first-order chi connectivity index (χ1) is 10.9. The van der Waals surface area contributed by atoms with E-state index in [4.69, 9.17) is 4.98 Å². The quantitative estimate of drug-likeness (QED) is 0.663. The Morgan fingerprint density at radius 2 is 1.68 bits per heavy atom. The molecule has 0 fully saturated rings. The standard InChI is InChI=1S/C19H18N2S/c1-3-8-15(9-4-1)17-14-21-13-7-12-18(19(21)20-17)22-16-10-5-2-6-11-16/h1-6,8-11,14,18H,7,12-13H2. The van der Waals surface area contributed by atoms with Crippen molar-refractivity contribution in [2.24, 2.45) is 0 Å². The van der Waals surface area contributed by atoms with Crippen molar-refractivity contribution < 1.29 is 0 Å². The zero-order valence-corrected chi connectivity index (χ0v) is 13.2. The summed E-state index contributed by atoms with van der Waals surface area (Å²) in [7, 11) is 0. The Kier molecular flexibility index (Phi) is 3.73. The highest BCUT2D eigenvalue weighted by atomic mass is 32.2. The minimum absolute atomic E-state index is 0.452. The lowest BCUT2D eigenvalue weighted by Crippen LogP contribution is -2.13. The van der Waals surface area contributed by atoms with Gasteiger partial charge in [-0.25, -0.2) is 4.98 Å². The van der Waals surface area contributed by atoms with E-state index in [1.54, 1.807) is 0 Å². The first-order valence-electron chi connectivity index (χ1n) is 7.74. The molecule has 0 aliphatic carbocycles. The van der Waals surface area contributed by atoms with Crippen molar-refractivity contribution in [2.75, 3.05) is 0 Å². The van der Waals surface area contributed by atoms with E-state index in [2.05, 4.69) is 65.4 Å². The first kappa shape index (κ1) is 13.6. The van der Waals surface area contributed by atoms with Gasteiger partial charge < -0.3 is 4.57 Å². The molecule has 3 heteroatoms. The maximum Gasteiger partial charge on any atom is 0.122 e. The van der Waals surface area contributed by atoms with Crippen LogP contribution >= 0.6 is 11.8 Å². The van der Waals surface area contributed by atoms with Crippen molar-refractivity contribution in [2.45, 2.75) is 29.5 Å². The van der Waals surface area contributed by atoms with Crippen molar-refractivity contribution >= 4 is 11.8 Å². The number of thioether (sulfide) groups is 1. The van der Waals surface area contributed by atoms with E-state index < -0.39 is 0 Å². The second kappa shape index (κ2) is 6.01. The number of fused-ring (bicyclic) bond motifs is 1. The largest absolute Gasteiger partial charge is 0.333 e. The highest BCUT2D eigenvalue weighted by Gasteiger charge is 2.24. The van der Waals surface area contributed by atoms with Crippen molar-refractivity contribution in [3.8, 4) is 11.3 Å². The lowest BCUT2D eigenvalue weighted by Gasteiger charge is -2.22. The van der Waals surface area contributed by atoms with Gasteiger partial charge in [-0.1, -0.05) is 48.5 Å². The molecule has 1 atom stereocenters. The third-order valence-corrected chi connectivity index (χ3v) is 5.33. The fourth-order valence-corrected chi connectivity index (χ4v) is 4.19. The molecular weight excluding hydrogens is 288 g/mol. The Morgan fingerprint density at radius 3 is 2.45 bits per heavy atom. The summed E-state index contributed by atoms with van der Waals surface area (Å²) >= 11 is 1.93. The molecule has 1 aliphatic heterocycles. The normalized spacial score (nSPS) is 17.2. The first-order valence-corrected chi connectivity index (χ1v) is 8.62. The van der Waals surface area contributed by atoms with E-state index in [0.29, 0.717) is 5.25 Å². The Hall–Kier alpha value is -2.00. The Balaban J connectivity index is 1.65. The van der Waals surface area contributed by atoms with E-state index in [-0.39, 0.29) is 0 Å². The molecular formula is C19H18N2S. The van der Waals surface area contributed by atoms with E-state index in [1.807, 2.05) is 17.8 Å². The molecule has 0 saturated heterocycles. The molecule has 0 amide bonds. The van der Waals surface area contributed by atoms with Crippen LogP contribution in [0.2, 0.25) is 0 Å². The molecule has 2 nitrogen and oxygen atoms in total. The number of nitrogens with zero attached hydrogens (tertiary/aromatic N) is 2. The van der Waals surface area contributed by atoms with Crippen LogP contribution < -0.4 is 0 Å². The molecule has 1 aliphatic rings. The summed E-state index contributed by atoms with van der Waals surface area (Å²) in [5.74, 6) is 1.22. The number of hydrogen-bond donors (Lipinski definition) is 0. The van der Waals surface area contributed by atoms with Crippen LogP contribution in [0.25, 0.3) is 11.3 Å². The van der Waals surface area contributed by atoms with Crippen molar-refractivity contribution in [1.29, 1.82) is 0 Å². The number of hydrogen-bond acceptors (Lipinski definition) is 2. The van der Waals surface area contributed by atoms with Crippen LogP contribution in [-0.2, 0) is 6.54 Å². The van der Waals surface area contributed by atoms with Gasteiger partial charge in [0.1, 0.15) is 5.82 Å². The van der Waals surface area contributed by atoms with Gasteiger partial charge in [0.2, 0.25) is 0 Å². The molecule has 0 N–H and O–H groups in total. The van der Waals surface area contributed by atoms with Gasteiger partial charge in [-0.15, -0.1) is 11.8 Å². The third kappa shape index (κ3) is 2.69. The number of imidazole rings is 1. The fraction of sp³-hybridized carbons (Fsp3) is 0.211. The van der Waals surface area contributed by atoms with Gasteiger partial charge in [0.05, 0.1) is 10.9 Å². The average molecular weight is 306 g/mol. The van der Waals surface area contributed by atoms with E-state index in [0.717, 1.165) is 12.2 Å². The predicted molar refractivity (Wildman–Crippen MR) is 91.9 cm³/mol. The number of benzene rings is 2. The van der Waals surface area contributed by atoms with Crippen molar-refractivity contribution in [1.82, 2.24) is 9.55 Å². The Morgan fingerprint density at radius 1 is 0.955 bits per heavy atom. The minimum atomic E-state index is 0.452. The predicted octanol–water partition coefficient (Wildman–Crippen LogP) is 5.18. The second-order valence-corrected chi connectivity index (χ2v) is 6.88. The monoisotopic (exact) mass is 306 g/mol.